The molecular formula is C15H19F2N. The molecule has 0 spiro atoms. The predicted octanol–water partition coefficient (Wildman–Crippen LogP) is 4.66. The summed E-state index contributed by atoms with van der Waals surface area (Å²) in [6, 6.07) is 3.85. The minimum atomic E-state index is -0.860. The summed E-state index contributed by atoms with van der Waals surface area (Å²) in [5.41, 5.74) is 0.980. The normalized spacial score (nSPS) is 11.2. The molecule has 0 radical (unpaired) electrons. The Labute approximate surface area is 107 Å². The summed E-state index contributed by atoms with van der Waals surface area (Å²) in [6.07, 6.45) is 2.44. The van der Waals surface area contributed by atoms with Gasteiger partial charge in [0.1, 0.15) is 0 Å². The molecule has 0 saturated heterocycles. The fourth-order valence-electron chi connectivity index (χ4n) is 1.78. The van der Waals surface area contributed by atoms with Gasteiger partial charge in [0.25, 0.3) is 0 Å². The first kappa shape index (κ1) is 14.4. The number of hydrogen-bond donors (Lipinski definition) is 0. The number of benzene rings is 1. The molecule has 0 saturated carbocycles. The molecule has 1 nitrogen and oxygen atoms in total. The highest BCUT2D eigenvalue weighted by molar-refractivity contribution is 5.56. The second-order valence-corrected chi connectivity index (χ2v) is 4.80. The molecule has 18 heavy (non-hydrogen) atoms. The number of hydrogen-bond acceptors (Lipinski definition) is 1. The van der Waals surface area contributed by atoms with E-state index in [1.54, 1.807) is 12.1 Å². The van der Waals surface area contributed by atoms with Crippen molar-refractivity contribution in [3.63, 3.8) is 0 Å². The Hall–Kier alpha value is -1.64. The van der Waals surface area contributed by atoms with Gasteiger partial charge in [0.15, 0.2) is 11.6 Å². The van der Waals surface area contributed by atoms with Crippen LogP contribution in [0, 0.1) is 11.6 Å². The Morgan fingerprint density at radius 3 is 2.39 bits per heavy atom. The van der Waals surface area contributed by atoms with Gasteiger partial charge in [-0.2, -0.15) is 0 Å². The van der Waals surface area contributed by atoms with Crippen LogP contribution in [0.5, 0.6) is 0 Å². The fourth-order valence-corrected chi connectivity index (χ4v) is 1.78. The molecule has 0 N–H and O–H groups in total. The quantitative estimate of drug-likeness (QED) is 0.688. The van der Waals surface area contributed by atoms with Gasteiger partial charge in [0.2, 0.25) is 0 Å². The second kappa shape index (κ2) is 5.34. The van der Waals surface area contributed by atoms with E-state index in [1.807, 2.05) is 25.7 Å². The van der Waals surface area contributed by atoms with Gasteiger partial charge >= 0.3 is 0 Å². The van der Waals surface area contributed by atoms with E-state index in [4.69, 9.17) is 0 Å². The van der Waals surface area contributed by atoms with Gasteiger partial charge in [-0.25, -0.2) is 8.78 Å². The minimum Gasteiger partial charge on any atom is -0.336 e. The van der Waals surface area contributed by atoms with E-state index in [2.05, 4.69) is 13.2 Å². The molecule has 0 bridgehead atoms. The third kappa shape index (κ3) is 2.78. The van der Waals surface area contributed by atoms with Gasteiger partial charge in [-0.15, -0.1) is 0 Å². The lowest BCUT2D eigenvalue weighted by Crippen LogP contribution is -2.42. The molecule has 0 heterocycles. The van der Waals surface area contributed by atoms with E-state index in [9.17, 15) is 8.78 Å². The molecule has 0 aliphatic rings. The van der Waals surface area contributed by atoms with E-state index in [0.717, 1.165) is 12.5 Å². The molecule has 1 aromatic rings. The van der Waals surface area contributed by atoms with Crippen molar-refractivity contribution < 1.29 is 8.78 Å². The minimum absolute atomic E-state index is 0.254. The van der Waals surface area contributed by atoms with Crippen LogP contribution in [0.4, 0.5) is 14.5 Å². The van der Waals surface area contributed by atoms with Gasteiger partial charge in [-0.05, 0) is 38.5 Å². The summed E-state index contributed by atoms with van der Waals surface area (Å²) in [5.74, 6) is -1.71. The van der Waals surface area contributed by atoms with Crippen LogP contribution in [0.1, 0.15) is 27.2 Å². The maximum atomic E-state index is 13.3. The van der Waals surface area contributed by atoms with Crippen molar-refractivity contribution in [2.24, 2.45) is 0 Å². The standard InChI is InChI=1S/C15H19F2N/c1-6-11(3)18(15(4,5)7-2)12-8-9-13(16)14(17)10-12/h6,8-10H,1,3,7H2,2,4-5H3. The lowest BCUT2D eigenvalue weighted by molar-refractivity contribution is 0.472. The Kier molecular flexibility index (Phi) is 4.28. The summed E-state index contributed by atoms with van der Waals surface area (Å²) in [5, 5.41) is 0. The van der Waals surface area contributed by atoms with Gasteiger partial charge in [-0.3, -0.25) is 0 Å². The van der Waals surface area contributed by atoms with Crippen molar-refractivity contribution >= 4 is 5.69 Å². The van der Waals surface area contributed by atoms with E-state index < -0.39 is 11.6 Å². The molecule has 1 aromatic carbocycles. The van der Waals surface area contributed by atoms with E-state index in [-0.39, 0.29) is 5.54 Å². The molecule has 0 fully saturated rings. The van der Waals surface area contributed by atoms with Crippen LogP contribution in [-0.2, 0) is 0 Å². The van der Waals surface area contributed by atoms with Crippen LogP contribution in [-0.4, -0.2) is 5.54 Å². The number of nitrogens with zero attached hydrogens (tertiary/aromatic N) is 1. The summed E-state index contributed by atoms with van der Waals surface area (Å²) >= 11 is 0. The van der Waals surface area contributed by atoms with E-state index in [1.165, 1.54) is 6.07 Å². The van der Waals surface area contributed by atoms with Crippen LogP contribution in [0.3, 0.4) is 0 Å². The van der Waals surface area contributed by atoms with Gasteiger partial charge in [0, 0.05) is 23.0 Å². The van der Waals surface area contributed by atoms with Crippen molar-refractivity contribution in [3.05, 3.63) is 54.8 Å². The first-order valence-corrected chi connectivity index (χ1v) is 5.90. The predicted molar refractivity (Wildman–Crippen MR) is 72.5 cm³/mol. The second-order valence-electron chi connectivity index (χ2n) is 4.80. The zero-order valence-electron chi connectivity index (χ0n) is 11.1. The van der Waals surface area contributed by atoms with Gasteiger partial charge < -0.3 is 4.90 Å². The first-order chi connectivity index (χ1) is 8.33. The number of halogens is 2. The van der Waals surface area contributed by atoms with Crippen LogP contribution in [0.2, 0.25) is 0 Å². The number of anilines is 1. The van der Waals surface area contributed by atoms with Crippen molar-refractivity contribution in [1.29, 1.82) is 0 Å². The number of allylic oxidation sites excluding steroid dienone is 1. The topological polar surface area (TPSA) is 3.24 Å². The summed E-state index contributed by atoms with van der Waals surface area (Å²) < 4.78 is 26.3. The maximum absolute atomic E-state index is 13.3. The zero-order valence-corrected chi connectivity index (χ0v) is 11.1. The lowest BCUT2D eigenvalue weighted by atomic mass is 9.97. The van der Waals surface area contributed by atoms with Crippen LogP contribution in [0.25, 0.3) is 0 Å². The molecule has 0 amide bonds. The molecule has 0 aliphatic carbocycles. The monoisotopic (exact) mass is 251 g/mol. The highest BCUT2D eigenvalue weighted by Crippen LogP contribution is 2.31. The van der Waals surface area contributed by atoms with Crippen molar-refractivity contribution in [2.75, 3.05) is 4.90 Å². The lowest BCUT2D eigenvalue weighted by Gasteiger charge is -2.40. The Morgan fingerprint density at radius 1 is 1.33 bits per heavy atom. The Morgan fingerprint density at radius 2 is 1.94 bits per heavy atom. The Bertz CT molecular complexity index is 464. The Balaban J connectivity index is 3.30. The van der Waals surface area contributed by atoms with E-state index in [0.29, 0.717) is 11.4 Å². The summed E-state index contributed by atoms with van der Waals surface area (Å²) in [4.78, 5) is 1.86. The maximum Gasteiger partial charge on any atom is 0.160 e. The van der Waals surface area contributed by atoms with E-state index >= 15 is 0 Å². The van der Waals surface area contributed by atoms with Crippen LogP contribution in [0.15, 0.2) is 43.1 Å². The SMILES string of the molecule is C=CC(=C)N(c1ccc(F)c(F)c1)C(C)(C)CC. The van der Waals surface area contributed by atoms with Crippen molar-refractivity contribution in [3.8, 4) is 0 Å². The van der Waals surface area contributed by atoms with Crippen LogP contribution >= 0.6 is 0 Å². The molecule has 98 valence electrons. The molecule has 0 aromatic heterocycles. The summed E-state index contributed by atoms with van der Waals surface area (Å²) in [7, 11) is 0. The largest absolute Gasteiger partial charge is 0.336 e. The molecule has 0 aliphatic heterocycles. The highest BCUT2D eigenvalue weighted by atomic mass is 19.2. The smallest absolute Gasteiger partial charge is 0.160 e. The molecule has 0 atom stereocenters. The number of rotatable bonds is 5. The third-order valence-corrected chi connectivity index (χ3v) is 3.15. The fraction of sp³-hybridized carbons (Fsp3) is 0.333. The molecule has 3 heteroatoms. The third-order valence-electron chi connectivity index (χ3n) is 3.15. The van der Waals surface area contributed by atoms with Gasteiger partial charge in [0.05, 0.1) is 0 Å². The van der Waals surface area contributed by atoms with Gasteiger partial charge in [-0.1, -0.05) is 20.1 Å². The van der Waals surface area contributed by atoms with Crippen molar-refractivity contribution in [2.45, 2.75) is 32.7 Å². The molecule has 0 unspecified atom stereocenters. The average molecular weight is 251 g/mol. The summed E-state index contributed by atoms with van der Waals surface area (Å²) in [6.45, 7) is 13.7. The first-order valence-electron chi connectivity index (χ1n) is 5.90. The molecule has 1 rings (SSSR count). The zero-order chi connectivity index (χ0) is 13.9. The van der Waals surface area contributed by atoms with Crippen molar-refractivity contribution in [1.82, 2.24) is 0 Å². The van der Waals surface area contributed by atoms with Crippen LogP contribution < -0.4 is 4.90 Å². The molecular weight excluding hydrogens is 232 g/mol. The highest BCUT2D eigenvalue weighted by Gasteiger charge is 2.27. The average Bonchev–Trinajstić information content (AvgIpc) is 2.33.